The van der Waals surface area contributed by atoms with E-state index in [1.165, 1.54) is 0 Å². The summed E-state index contributed by atoms with van der Waals surface area (Å²) in [5.74, 6) is 0.100. The van der Waals surface area contributed by atoms with Crippen molar-refractivity contribution in [3.05, 3.63) is 30.1 Å². The first kappa shape index (κ1) is 20.5. The summed E-state index contributed by atoms with van der Waals surface area (Å²) in [7, 11) is 0. The van der Waals surface area contributed by atoms with Crippen LogP contribution in [-0.2, 0) is 11.3 Å². The topological polar surface area (TPSA) is 68.0 Å². The number of nitrogens with zero attached hydrogens (tertiary/aromatic N) is 1. The maximum absolute atomic E-state index is 11.5. The first-order valence-corrected chi connectivity index (χ1v) is 6.19. The molecule has 1 rings (SSSR count). The SMILES string of the molecule is Cl.Cl.NCCCCCCC(=O)NCc1ccccn1. The average molecular weight is 308 g/mol. The molecular weight excluding hydrogens is 285 g/mol. The lowest BCUT2D eigenvalue weighted by Crippen LogP contribution is -2.22. The maximum atomic E-state index is 11.5. The molecule has 110 valence electrons. The van der Waals surface area contributed by atoms with Crippen LogP contribution in [0.25, 0.3) is 0 Å². The van der Waals surface area contributed by atoms with Gasteiger partial charge in [0.1, 0.15) is 0 Å². The molecule has 0 radical (unpaired) electrons. The molecular formula is C13H23Cl2N3O. The summed E-state index contributed by atoms with van der Waals surface area (Å²) in [6, 6.07) is 5.69. The van der Waals surface area contributed by atoms with Crippen LogP contribution in [0.3, 0.4) is 0 Å². The summed E-state index contributed by atoms with van der Waals surface area (Å²) < 4.78 is 0. The van der Waals surface area contributed by atoms with E-state index in [0.717, 1.165) is 37.9 Å². The van der Waals surface area contributed by atoms with Crippen molar-refractivity contribution in [3.8, 4) is 0 Å². The van der Waals surface area contributed by atoms with Crippen molar-refractivity contribution in [2.75, 3.05) is 6.54 Å². The van der Waals surface area contributed by atoms with Crippen molar-refractivity contribution < 1.29 is 4.79 Å². The van der Waals surface area contributed by atoms with Crippen molar-refractivity contribution in [1.82, 2.24) is 10.3 Å². The van der Waals surface area contributed by atoms with Crippen LogP contribution < -0.4 is 11.1 Å². The molecule has 1 aromatic heterocycles. The van der Waals surface area contributed by atoms with E-state index in [9.17, 15) is 4.79 Å². The fraction of sp³-hybridized carbons (Fsp3) is 0.538. The van der Waals surface area contributed by atoms with Gasteiger partial charge in [-0.05, 0) is 31.5 Å². The zero-order chi connectivity index (χ0) is 12.3. The lowest BCUT2D eigenvalue weighted by atomic mass is 10.1. The minimum absolute atomic E-state index is 0. The predicted octanol–water partition coefficient (Wildman–Crippen LogP) is 2.45. The lowest BCUT2D eigenvalue weighted by Gasteiger charge is -2.04. The van der Waals surface area contributed by atoms with E-state index in [1.807, 2.05) is 18.2 Å². The molecule has 0 spiro atoms. The zero-order valence-corrected chi connectivity index (χ0v) is 12.6. The quantitative estimate of drug-likeness (QED) is 0.725. The summed E-state index contributed by atoms with van der Waals surface area (Å²) in [5.41, 5.74) is 6.29. The number of pyridine rings is 1. The molecule has 0 fully saturated rings. The van der Waals surface area contributed by atoms with E-state index in [4.69, 9.17) is 5.73 Å². The number of aromatic nitrogens is 1. The normalized spacial score (nSPS) is 9.11. The molecule has 1 aromatic rings. The van der Waals surface area contributed by atoms with Gasteiger partial charge in [-0.15, -0.1) is 24.8 Å². The van der Waals surface area contributed by atoms with Crippen LogP contribution in [0.15, 0.2) is 24.4 Å². The number of nitrogens with two attached hydrogens (primary N) is 1. The largest absolute Gasteiger partial charge is 0.350 e. The van der Waals surface area contributed by atoms with Crippen molar-refractivity contribution >= 4 is 30.7 Å². The second-order valence-electron chi connectivity index (χ2n) is 4.05. The van der Waals surface area contributed by atoms with Gasteiger partial charge in [-0.1, -0.05) is 18.9 Å². The summed E-state index contributed by atoms with van der Waals surface area (Å²) in [6.07, 6.45) is 6.51. The molecule has 0 aliphatic heterocycles. The van der Waals surface area contributed by atoms with Crippen molar-refractivity contribution in [1.29, 1.82) is 0 Å². The summed E-state index contributed by atoms with van der Waals surface area (Å²) in [6.45, 7) is 1.26. The highest BCUT2D eigenvalue weighted by Gasteiger charge is 2.01. The number of nitrogens with one attached hydrogen (secondary N) is 1. The van der Waals surface area contributed by atoms with E-state index in [0.29, 0.717) is 13.0 Å². The van der Waals surface area contributed by atoms with Crippen molar-refractivity contribution in [2.24, 2.45) is 5.73 Å². The van der Waals surface area contributed by atoms with Gasteiger partial charge in [0.15, 0.2) is 0 Å². The molecule has 3 N–H and O–H groups in total. The van der Waals surface area contributed by atoms with Gasteiger partial charge in [-0.25, -0.2) is 0 Å². The standard InChI is InChI=1S/C13H21N3O.2ClH/c14-9-5-2-1-3-8-13(17)16-11-12-7-4-6-10-15-12;;/h4,6-7,10H,1-3,5,8-9,11,14H2,(H,16,17);2*1H. The van der Waals surface area contributed by atoms with E-state index in [2.05, 4.69) is 10.3 Å². The molecule has 0 aromatic carbocycles. The Morgan fingerprint density at radius 2 is 1.89 bits per heavy atom. The zero-order valence-electron chi connectivity index (χ0n) is 11.0. The number of amides is 1. The second-order valence-corrected chi connectivity index (χ2v) is 4.05. The number of hydrogen-bond donors (Lipinski definition) is 2. The fourth-order valence-corrected chi connectivity index (χ4v) is 1.56. The van der Waals surface area contributed by atoms with Crippen LogP contribution in [0.4, 0.5) is 0 Å². The highest BCUT2D eigenvalue weighted by molar-refractivity contribution is 5.85. The van der Waals surface area contributed by atoms with Gasteiger partial charge in [0.05, 0.1) is 12.2 Å². The molecule has 0 aliphatic carbocycles. The minimum Gasteiger partial charge on any atom is -0.350 e. The third kappa shape index (κ3) is 10.7. The minimum atomic E-state index is 0. The molecule has 1 amide bonds. The Balaban J connectivity index is 0. The van der Waals surface area contributed by atoms with Crippen molar-refractivity contribution in [2.45, 2.75) is 38.6 Å². The number of halogens is 2. The number of rotatable bonds is 8. The van der Waals surface area contributed by atoms with E-state index < -0.39 is 0 Å². The van der Waals surface area contributed by atoms with Crippen LogP contribution in [0.1, 0.15) is 37.8 Å². The molecule has 6 heteroatoms. The van der Waals surface area contributed by atoms with Gasteiger partial charge in [-0.3, -0.25) is 9.78 Å². The van der Waals surface area contributed by atoms with E-state index in [-0.39, 0.29) is 30.7 Å². The summed E-state index contributed by atoms with van der Waals surface area (Å²) in [4.78, 5) is 15.6. The molecule has 4 nitrogen and oxygen atoms in total. The molecule has 0 saturated carbocycles. The maximum Gasteiger partial charge on any atom is 0.220 e. The highest BCUT2D eigenvalue weighted by Crippen LogP contribution is 2.02. The molecule has 19 heavy (non-hydrogen) atoms. The van der Waals surface area contributed by atoms with Crippen LogP contribution in [0, 0.1) is 0 Å². The van der Waals surface area contributed by atoms with Gasteiger partial charge in [0.2, 0.25) is 5.91 Å². The first-order chi connectivity index (χ1) is 8.33. The Morgan fingerprint density at radius 3 is 2.53 bits per heavy atom. The van der Waals surface area contributed by atoms with E-state index in [1.54, 1.807) is 6.20 Å². The molecule has 0 atom stereocenters. The van der Waals surface area contributed by atoms with Crippen LogP contribution in [0.2, 0.25) is 0 Å². The monoisotopic (exact) mass is 307 g/mol. The molecule has 0 saturated heterocycles. The molecule has 0 unspecified atom stereocenters. The Bertz CT molecular complexity index is 323. The number of carbonyl (C=O) groups is 1. The predicted molar refractivity (Wildman–Crippen MR) is 82.7 cm³/mol. The second kappa shape index (κ2) is 13.6. The summed E-state index contributed by atoms with van der Waals surface area (Å²) >= 11 is 0. The van der Waals surface area contributed by atoms with Crippen LogP contribution >= 0.6 is 24.8 Å². The van der Waals surface area contributed by atoms with Gasteiger partial charge in [0, 0.05) is 12.6 Å². The molecule has 0 bridgehead atoms. The number of hydrogen-bond acceptors (Lipinski definition) is 3. The van der Waals surface area contributed by atoms with Crippen LogP contribution in [-0.4, -0.2) is 17.4 Å². The van der Waals surface area contributed by atoms with Gasteiger partial charge in [0.25, 0.3) is 0 Å². The Labute approximate surface area is 127 Å². The van der Waals surface area contributed by atoms with Gasteiger partial charge in [-0.2, -0.15) is 0 Å². The van der Waals surface area contributed by atoms with Crippen LogP contribution in [0.5, 0.6) is 0 Å². The smallest absolute Gasteiger partial charge is 0.220 e. The average Bonchev–Trinajstić information content (AvgIpc) is 2.37. The molecule has 0 aliphatic rings. The Morgan fingerprint density at radius 1 is 1.16 bits per heavy atom. The number of unbranched alkanes of at least 4 members (excludes halogenated alkanes) is 3. The third-order valence-electron chi connectivity index (χ3n) is 2.55. The molecule has 1 heterocycles. The lowest BCUT2D eigenvalue weighted by molar-refractivity contribution is -0.121. The van der Waals surface area contributed by atoms with Gasteiger partial charge >= 0.3 is 0 Å². The fourth-order valence-electron chi connectivity index (χ4n) is 1.56. The van der Waals surface area contributed by atoms with Gasteiger partial charge < -0.3 is 11.1 Å². The Kier molecular flexibility index (Phi) is 14.6. The summed E-state index contributed by atoms with van der Waals surface area (Å²) in [5, 5.41) is 2.86. The highest BCUT2D eigenvalue weighted by atomic mass is 35.5. The number of carbonyl (C=O) groups excluding carboxylic acids is 1. The Hall–Kier alpha value is -0.840. The third-order valence-corrected chi connectivity index (χ3v) is 2.55. The van der Waals surface area contributed by atoms with Crippen molar-refractivity contribution in [3.63, 3.8) is 0 Å². The first-order valence-electron chi connectivity index (χ1n) is 6.19. The van der Waals surface area contributed by atoms with E-state index >= 15 is 0 Å².